The fourth-order valence-electron chi connectivity index (χ4n) is 2.25. The van der Waals surface area contributed by atoms with Gasteiger partial charge < -0.3 is 20.1 Å². The minimum absolute atomic E-state index is 0. The lowest BCUT2D eigenvalue weighted by atomic mass is 9.87. The number of ether oxygens (including phenoxy) is 2. The summed E-state index contributed by atoms with van der Waals surface area (Å²) < 4.78 is 10.9. The predicted molar refractivity (Wildman–Crippen MR) is 93.5 cm³/mol. The molecule has 1 heterocycles. The summed E-state index contributed by atoms with van der Waals surface area (Å²) in [5, 5.41) is 5.97. The number of halogens is 1. The van der Waals surface area contributed by atoms with Gasteiger partial charge in [-0.25, -0.2) is 0 Å². The molecule has 0 aliphatic carbocycles. The molecule has 1 atom stereocenters. The Morgan fingerprint density at radius 1 is 1.35 bits per heavy atom. The van der Waals surface area contributed by atoms with Crippen molar-refractivity contribution in [2.24, 2.45) is 0 Å². The number of morpholine rings is 1. The molecule has 6 heteroatoms. The first kappa shape index (κ1) is 19.7. The van der Waals surface area contributed by atoms with Gasteiger partial charge in [0.1, 0.15) is 18.4 Å². The van der Waals surface area contributed by atoms with Gasteiger partial charge in [-0.05, 0) is 23.1 Å². The van der Waals surface area contributed by atoms with Gasteiger partial charge in [0.25, 0.3) is 0 Å². The normalized spacial score (nSPS) is 18.0. The predicted octanol–water partition coefficient (Wildman–Crippen LogP) is 1.89. The number of amides is 1. The molecule has 1 aliphatic rings. The van der Waals surface area contributed by atoms with Crippen LogP contribution >= 0.6 is 12.4 Å². The summed E-state index contributed by atoms with van der Waals surface area (Å²) in [6.07, 6.45) is 0. The smallest absolute Gasteiger partial charge is 0.239 e. The lowest BCUT2D eigenvalue weighted by Crippen LogP contribution is -2.51. The Morgan fingerprint density at radius 2 is 2.04 bits per heavy atom. The number of rotatable bonds is 5. The Bertz CT molecular complexity index is 480. The fourth-order valence-corrected chi connectivity index (χ4v) is 2.25. The standard InChI is InChI=1S/C17H26N2O3.ClH/c1-17(2,3)13-4-6-14(7-5-13)22-11-9-19-16(20)15-12-21-10-8-18-15;/h4-7,15,18H,8-12H2,1-3H3,(H,19,20);1H. The highest BCUT2D eigenvalue weighted by Gasteiger charge is 2.20. The van der Waals surface area contributed by atoms with E-state index < -0.39 is 0 Å². The second-order valence-electron chi connectivity index (χ2n) is 6.50. The molecule has 1 saturated heterocycles. The van der Waals surface area contributed by atoms with Crippen LogP contribution in [0, 0.1) is 0 Å². The first-order valence-electron chi connectivity index (χ1n) is 7.79. The van der Waals surface area contributed by atoms with Gasteiger partial charge in [-0.1, -0.05) is 32.9 Å². The Morgan fingerprint density at radius 3 is 2.61 bits per heavy atom. The summed E-state index contributed by atoms with van der Waals surface area (Å²) in [4.78, 5) is 11.9. The number of benzene rings is 1. The molecule has 1 fully saturated rings. The molecule has 0 saturated carbocycles. The van der Waals surface area contributed by atoms with E-state index in [4.69, 9.17) is 9.47 Å². The maximum absolute atomic E-state index is 11.9. The van der Waals surface area contributed by atoms with Gasteiger partial charge >= 0.3 is 0 Å². The van der Waals surface area contributed by atoms with Crippen molar-refractivity contribution in [3.8, 4) is 5.75 Å². The first-order valence-corrected chi connectivity index (χ1v) is 7.79. The van der Waals surface area contributed by atoms with E-state index in [2.05, 4.69) is 43.5 Å². The quantitative estimate of drug-likeness (QED) is 0.802. The largest absolute Gasteiger partial charge is 0.492 e. The van der Waals surface area contributed by atoms with E-state index in [-0.39, 0.29) is 29.8 Å². The SMILES string of the molecule is CC(C)(C)c1ccc(OCCNC(=O)C2COCCN2)cc1.Cl. The van der Waals surface area contributed by atoms with Crippen molar-refractivity contribution in [2.75, 3.05) is 32.9 Å². The molecule has 0 spiro atoms. The molecule has 23 heavy (non-hydrogen) atoms. The van der Waals surface area contributed by atoms with Crippen LogP contribution in [0.15, 0.2) is 24.3 Å². The van der Waals surface area contributed by atoms with E-state index in [0.717, 1.165) is 5.75 Å². The monoisotopic (exact) mass is 342 g/mol. The average molecular weight is 343 g/mol. The van der Waals surface area contributed by atoms with Crippen molar-refractivity contribution >= 4 is 18.3 Å². The van der Waals surface area contributed by atoms with Crippen LogP contribution in [-0.2, 0) is 14.9 Å². The van der Waals surface area contributed by atoms with Gasteiger partial charge in [0, 0.05) is 6.54 Å². The van der Waals surface area contributed by atoms with E-state index in [1.165, 1.54) is 5.56 Å². The summed E-state index contributed by atoms with van der Waals surface area (Å²) in [5.74, 6) is 0.785. The van der Waals surface area contributed by atoms with Crippen molar-refractivity contribution < 1.29 is 14.3 Å². The van der Waals surface area contributed by atoms with Crippen LogP contribution in [0.5, 0.6) is 5.75 Å². The van der Waals surface area contributed by atoms with Gasteiger partial charge in [0.05, 0.1) is 19.8 Å². The van der Waals surface area contributed by atoms with Crippen molar-refractivity contribution in [1.29, 1.82) is 0 Å². The molecule has 2 rings (SSSR count). The van der Waals surface area contributed by atoms with E-state index >= 15 is 0 Å². The highest BCUT2D eigenvalue weighted by molar-refractivity contribution is 5.85. The minimum atomic E-state index is -0.250. The van der Waals surface area contributed by atoms with E-state index in [0.29, 0.717) is 32.9 Å². The van der Waals surface area contributed by atoms with Crippen molar-refractivity contribution in [3.05, 3.63) is 29.8 Å². The van der Waals surface area contributed by atoms with Gasteiger partial charge in [-0.3, -0.25) is 4.79 Å². The Kier molecular flexibility index (Phi) is 7.82. The molecule has 0 bridgehead atoms. The molecule has 2 N–H and O–H groups in total. The lowest BCUT2D eigenvalue weighted by Gasteiger charge is -2.22. The minimum Gasteiger partial charge on any atom is -0.492 e. The first-order chi connectivity index (χ1) is 10.5. The Balaban J connectivity index is 0.00000264. The molecular formula is C17H27ClN2O3. The fraction of sp³-hybridized carbons (Fsp3) is 0.588. The van der Waals surface area contributed by atoms with Crippen LogP contribution in [-0.4, -0.2) is 44.9 Å². The third-order valence-corrected chi connectivity index (χ3v) is 3.63. The molecule has 1 aliphatic heterocycles. The number of hydrogen-bond acceptors (Lipinski definition) is 4. The molecule has 1 amide bonds. The molecule has 130 valence electrons. The second kappa shape index (κ2) is 9.11. The third-order valence-electron chi connectivity index (χ3n) is 3.63. The summed E-state index contributed by atoms with van der Waals surface area (Å²) in [7, 11) is 0. The summed E-state index contributed by atoms with van der Waals surface area (Å²) in [6, 6.07) is 7.85. The molecule has 5 nitrogen and oxygen atoms in total. The Hall–Kier alpha value is -1.30. The van der Waals surface area contributed by atoms with E-state index in [1.54, 1.807) is 0 Å². The van der Waals surface area contributed by atoms with Crippen molar-refractivity contribution in [1.82, 2.24) is 10.6 Å². The van der Waals surface area contributed by atoms with Crippen molar-refractivity contribution in [3.63, 3.8) is 0 Å². The molecule has 1 aromatic rings. The summed E-state index contributed by atoms with van der Waals surface area (Å²) >= 11 is 0. The van der Waals surface area contributed by atoms with E-state index in [9.17, 15) is 4.79 Å². The molecule has 1 unspecified atom stereocenters. The molecular weight excluding hydrogens is 316 g/mol. The lowest BCUT2D eigenvalue weighted by molar-refractivity contribution is -0.126. The number of nitrogens with one attached hydrogen (secondary N) is 2. The van der Waals surface area contributed by atoms with Crippen LogP contribution in [0.2, 0.25) is 0 Å². The van der Waals surface area contributed by atoms with Crippen LogP contribution in [0.4, 0.5) is 0 Å². The van der Waals surface area contributed by atoms with Crippen LogP contribution in [0.3, 0.4) is 0 Å². The van der Waals surface area contributed by atoms with Crippen molar-refractivity contribution in [2.45, 2.75) is 32.2 Å². The zero-order chi connectivity index (χ0) is 16.0. The second-order valence-corrected chi connectivity index (χ2v) is 6.50. The molecule has 0 radical (unpaired) electrons. The third kappa shape index (κ3) is 6.37. The molecule has 0 aromatic heterocycles. The van der Waals surface area contributed by atoms with Crippen LogP contribution < -0.4 is 15.4 Å². The summed E-state index contributed by atoms with van der Waals surface area (Å²) in [5.41, 5.74) is 1.42. The number of carbonyl (C=O) groups is 1. The highest BCUT2D eigenvalue weighted by atomic mass is 35.5. The van der Waals surface area contributed by atoms with Gasteiger partial charge in [0.2, 0.25) is 5.91 Å². The topological polar surface area (TPSA) is 59.6 Å². The van der Waals surface area contributed by atoms with Crippen LogP contribution in [0.1, 0.15) is 26.3 Å². The Labute approximate surface area is 144 Å². The average Bonchev–Trinajstić information content (AvgIpc) is 2.52. The maximum Gasteiger partial charge on any atom is 0.239 e. The van der Waals surface area contributed by atoms with Gasteiger partial charge in [-0.2, -0.15) is 0 Å². The van der Waals surface area contributed by atoms with Crippen LogP contribution in [0.25, 0.3) is 0 Å². The zero-order valence-electron chi connectivity index (χ0n) is 14.1. The number of carbonyl (C=O) groups excluding carboxylic acids is 1. The zero-order valence-corrected chi connectivity index (χ0v) is 14.9. The van der Waals surface area contributed by atoms with E-state index in [1.807, 2.05) is 12.1 Å². The molecule has 1 aromatic carbocycles. The highest BCUT2D eigenvalue weighted by Crippen LogP contribution is 2.24. The van der Waals surface area contributed by atoms with Gasteiger partial charge in [-0.15, -0.1) is 12.4 Å². The van der Waals surface area contributed by atoms with Gasteiger partial charge in [0.15, 0.2) is 0 Å². The number of hydrogen-bond donors (Lipinski definition) is 2. The maximum atomic E-state index is 11.9. The summed E-state index contributed by atoms with van der Waals surface area (Å²) in [6.45, 7) is 9.30.